The number of thiophene rings is 1. The highest BCUT2D eigenvalue weighted by atomic mass is 32.1. The maximum Gasteiger partial charge on any atom is 0.261 e. The van der Waals surface area contributed by atoms with E-state index in [9.17, 15) is 9.59 Å². The predicted octanol–water partition coefficient (Wildman–Crippen LogP) is 2.91. The number of hydrogen-bond donors (Lipinski definition) is 1. The molecule has 4 nitrogen and oxygen atoms in total. The Morgan fingerprint density at radius 1 is 1.25 bits per heavy atom. The van der Waals surface area contributed by atoms with Gasteiger partial charge in [-0.15, -0.1) is 11.3 Å². The first-order valence-electron chi connectivity index (χ1n) is 7.28. The van der Waals surface area contributed by atoms with Crippen LogP contribution in [-0.4, -0.2) is 36.3 Å². The highest BCUT2D eigenvalue weighted by molar-refractivity contribution is 7.12. The Kier molecular flexibility index (Phi) is 7.95. The zero-order chi connectivity index (χ0) is 14.8. The second kappa shape index (κ2) is 9.53. The van der Waals surface area contributed by atoms with E-state index in [1.807, 2.05) is 16.3 Å². The summed E-state index contributed by atoms with van der Waals surface area (Å²) in [7, 11) is 0. The zero-order valence-corrected chi connectivity index (χ0v) is 13.2. The minimum absolute atomic E-state index is 0.0496. The molecule has 0 spiro atoms. The minimum Gasteiger partial charge on any atom is -0.351 e. The fourth-order valence-electron chi connectivity index (χ4n) is 2.00. The molecular formula is C15H24N2O2S. The van der Waals surface area contributed by atoms with Gasteiger partial charge in [-0.05, 0) is 30.7 Å². The van der Waals surface area contributed by atoms with Gasteiger partial charge in [0, 0.05) is 26.1 Å². The summed E-state index contributed by atoms with van der Waals surface area (Å²) in [6.07, 6.45) is 3.17. The third-order valence-electron chi connectivity index (χ3n) is 2.94. The molecule has 0 unspecified atom stereocenters. The van der Waals surface area contributed by atoms with E-state index in [1.165, 1.54) is 11.3 Å². The number of carbonyl (C=O) groups excluding carboxylic acids is 2. The largest absolute Gasteiger partial charge is 0.351 e. The van der Waals surface area contributed by atoms with Crippen molar-refractivity contribution in [2.75, 3.05) is 19.6 Å². The molecule has 20 heavy (non-hydrogen) atoms. The molecule has 1 N–H and O–H groups in total. The lowest BCUT2D eigenvalue weighted by atomic mass is 10.2. The normalized spacial score (nSPS) is 10.3. The predicted molar refractivity (Wildman–Crippen MR) is 83.0 cm³/mol. The van der Waals surface area contributed by atoms with Gasteiger partial charge in [0.2, 0.25) is 5.91 Å². The molecule has 0 saturated carbocycles. The van der Waals surface area contributed by atoms with E-state index < -0.39 is 0 Å². The number of nitrogens with zero attached hydrogens (tertiary/aromatic N) is 1. The lowest BCUT2D eigenvalue weighted by molar-refractivity contribution is -0.131. The van der Waals surface area contributed by atoms with Crippen molar-refractivity contribution >= 4 is 23.2 Å². The first-order valence-corrected chi connectivity index (χ1v) is 8.16. The van der Waals surface area contributed by atoms with Gasteiger partial charge in [-0.1, -0.05) is 19.9 Å². The molecule has 112 valence electrons. The Balaban J connectivity index is 2.22. The number of nitrogens with one attached hydrogen (secondary N) is 1. The van der Waals surface area contributed by atoms with Gasteiger partial charge in [0.1, 0.15) is 0 Å². The van der Waals surface area contributed by atoms with Crippen LogP contribution in [-0.2, 0) is 4.79 Å². The van der Waals surface area contributed by atoms with Crippen molar-refractivity contribution in [1.82, 2.24) is 10.2 Å². The molecule has 0 aliphatic carbocycles. The van der Waals surface area contributed by atoms with Crippen LogP contribution in [0.25, 0.3) is 0 Å². The highest BCUT2D eigenvalue weighted by Crippen LogP contribution is 2.07. The van der Waals surface area contributed by atoms with Gasteiger partial charge in [-0.2, -0.15) is 0 Å². The minimum atomic E-state index is -0.0496. The third kappa shape index (κ3) is 5.74. The SMILES string of the molecule is CCCN(CCC)C(=O)CCCNC(=O)c1cccs1. The van der Waals surface area contributed by atoms with Crippen LogP contribution in [0.4, 0.5) is 0 Å². The third-order valence-corrected chi connectivity index (χ3v) is 3.81. The summed E-state index contributed by atoms with van der Waals surface area (Å²) in [4.78, 5) is 26.3. The van der Waals surface area contributed by atoms with Crippen LogP contribution >= 0.6 is 11.3 Å². The second-order valence-corrected chi connectivity index (χ2v) is 5.67. The van der Waals surface area contributed by atoms with Crippen molar-refractivity contribution < 1.29 is 9.59 Å². The molecule has 0 aliphatic heterocycles. The van der Waals surface area contributed by atoms with E-state index in [4.69, 9.17) is 0 Å². The quantitative estimate of drug-likeness (QED) is 0.712. The van der Waals surface area contributed by atoms with Gasteiger partial charge in [0.05, 0.1) is 4.88 Å². The van der Waals surface area contributed by atoms with Crippen LogP contribution in [0.3, 0.4) is 0 Å². The number of amides is 2. The number of hydrogen-bond acceptors (Lipinski definition) is 3. The fraction of sp³-hybridized carbons (Fsp3) is 0.600. The van der Waals surface area contributed by atoms with Crippen molar-refractivity contribution in [3.63, 3.8) is 0 Å². The van der Waals surface area contributed by atoms with Crippen LogP contribution in [0.1, 0.15) is 49.2 Å². The summed E-state index contributed by atoms with van der Waals surface area (Å²) in [6, 6.07) is 3.66. The fourth-order valence-corrected chi connectivity index (χ4v) is 2.64. The van der Waals surface area contributed by atoms with Crippen molar-refractivity contribution in [2.24, 2.45) is 0 Å². The topological polar surface area (TPSA) is 49.4 Å². The first kappa shape index (κ1) is 16.7. The van der Waals surface area contributed by atoms with E-state index >= 15 is 0 Å². The van der Waals surface area contributed by atoms with Crippen LogP contribution in [0.15, 0.2) is 17.5 Å². The molecule has 0 saturated heterocycles. The lowest BCUT2D eigenvalue weighted by Crippen LogP contribution is -2.33. The van der Waals surface area contributed by atoms with E-state index in [2.05, 4.69) is 19.2 Å². The molecule has 0 aromatic carbocycles. The van der Waals surface area contributed by atoms with Gasteiger partial charge >= 0.3 is 0 Å². The summed E-state index contributed by atoms with van der Waals surface area (Å²) in [5.41, 5.74) is 0. The molecule has 0 aliphatic rings. The first-order chi connectivity index (χ1) is 9.69. The van der Waals surface area contributed by atoms with Crippen LogP contribution in [0, 0.1) is 0 Å². The molecule has 1 heterocycles. The average molecular weight is 296 g/mol. The van der Waals surface area contributed by atoms with Crippen LogP contribution < -0.4 is 5.32 Å². The highest BCUT2D eigenvalue weighted by Gasteiger charge is 2.11. The van der Waals surface area contributed by atoms with Crippen molar-refractivity contribution in [1.29, 1.82) is 0 Å². The lowest BCUT2D eigenvalue weighted by Gasteiger charge is -2.21. The van der Waals surface area contributed by atoms with E-state index in [0.717, 1.165) is 30.8 Å². The summed E-state index contributed by atoms with van der Waals surface area (Å²) >= 11 is 1.43. The molecule has 1 aromatic heterocycles. The Bertz CT molecular complexity index is 398. The molecule has 0 bridgehead atoms. The van der Waals surface area contributed by atoms with Gasteiger partial charge < -0.3 is 10.2 Å². The Morgan fingerprint density at radius 3 is 2.50 bits per heavy atom. The Labute approximate surface area is 125 Å². The monoisotopic (exact) mass is 296 g/mol. The van der Waals surface area contributed by atoms with Gasteiger partial charge in [0.15, 0.2) is 0 Å². The molecule has 0 radical (unpaired) electrons. The number of carbonyl (C=O) groups is 2. The van der Waals surface area contributed by atoms with Gasteiger partial charge in [0.25, 0.3) is 5.91 Å². The number of rotatable bonds is 9. The maximum atomic E-state index is 12.0. The molecule has 0 fully saturated rings. The van der Waals surface area contributed by atoms with Crippen molar-refractivity contribution in [3.8, 4) is 0 Å². The summed E-state index contributed by atoms with van der Waals surface area (Å²) < 4.78 is 0. The molecule has 5 heteroatoms. The summed E-state index contributed by atoms with van der Waals surface area (Å²) in [5.74, 6) is 0.144. The van der Waals surface area contributed by atoms with Crippen molar-refractivity contribution in [3.05, 3.63) is 22.4 Å². The van der Waals surface area contributed by atoms with E-state index in [0.29, 0.717) is 19.4 Å². The van der Waals surface area contributed by atoms with Gasteiger partial charge in [-0.3, -0.25) is 9.59 Å². The maximum absolute atomic E-state index is 12.0. The standard InChI is InChI=1S/C15H24N2O2S/c1-3-10-17(11-4-2)14(18)8-5-9-16-15(19)13-7-6-12-20-13/h6-7,12H,3-5,8-11H2,1-2H3,(H,16,19). The molecule has 1 rings (SSSR count). The van der Waals surface area contributed by atoms with Gasteiger partial charge in [-0.25, -0.2) is 0 Å². The molecule has 2 amide bonds. The van der Waals surface area contributed by atoms with Crippen LogP contribution in [0.5, 0.6) is 0 Å². The Hall–Kier alpha value is -1.36. The summed E-state index contributed by atoms with van der Waals surface area (Å²) in [5, 5.41) is 4.72. The van der Waals surface area contributed by atoms with E-state index in [1.54, 1.807) is 6.07 Å². The van der Waals surface area contributed by atoms with Crippen molar-refractivity contribution in [2.45, 2.75) is 39.5 Å². The van der Waals surface area contributed by atoms with Crippen LogP contribution in [0.2, 0.25) is 0 Å². The molecule has 1 aromatic rings. The smallest absolute Gasteiger partial charge is 0.261 e. The second-order valence-electron chi connectivity index (χ2n) is 4.72. The molecule has 0 atom stereocenters. The van der Waals surface area contributed by atoms with E-state index in [-0.39, 0.29) is 11.8 Å². The zero-order valence-electron chi connectivity index (χ0n) is 12.4. The molecular weight excluding hydrogens is 272 g/mol. The Morgan fingerprint density at radius 2 is 1.95 bits per heavy atom. The summed E-state index contributed by atoms with van der Waals surface area (Å²) in [6.45, 7) is 6.37. The average Bonchev–Trinajstić information content (AvgIpc) is 2.97.